The van der Waals surface area contributed by atoms with Crippen molar-refractivity contribution in [3.05, 3.63) is 23.3 Å². The molecule has 0 rings (SSSR count). The standard InChI is InChI=1S/C12H14O8/c13-9(14)5-7(11(17)18)3-1-2-4-8(12(19)20)6-10(15)16/h5-6H,1-4H2,(H,13,14)(H,15,16)(H,17,18)(H,19,20)/b7-5-,8-6-. The predicted molar refractivity (Wildman–Crippen MR) is 65.2 cm³/mol. The molecule has 0 unspecified atom stereocenters. The number of hydrogen-bond acceptors (Lipinski definition) is 4. The van der Waals surface area contributed by atoms with Gasteiger partial charge in [0.05, 0.1) is 0 Å². The molecule has 0 aromatic rings. The molecule has 0 aromatic heterocycles. The van der Waals surface area contributed by atoms with E-state index in [9.17, 15) is 19.2 Å². The molecule has 0 aliphatic carbocycles. The molecule has 0 aliphatic heterocycles. The molecule has 0 radical (unpaired) electrons. The molecule has 110 valence electrons. The zero-order valence-electron chi connectivity index (χ0n) is 10.4. The minimum Gasteiger partial charge on any atom is -0.478 e. The quantitative estimate of drug-likeness (QED) is 0.358. The molecule has 0 fully saturated rings. The fourth-order valence-electron chi connectivity index (χ4n) is 1.41. The van der Waals surface area contributed by atoms with Gasteiger partial charge < -0.3 is 20.4 Å². The van der Waals surface area contributed by atoms with Gasteiger partial charge >= 0.3 is 23.9 Å². The Bertz CT molecular complexity index is 428. The molecule has 0 heterocycles. The molecule has 4 N–H and O–H groups in total. The first-order valence-corrected chi connectivity index (χ1v) is 5.57. The highest BCUT2D eigenvalue weighted by Gasteiger charge is 2.12. The van der Waals surface area contributed by atoms with Crippen molar-refractivity contribution in [1.82, 2.24) is 0 Å². The van der Waals surface area contributed by atoms with Gasteiger partial charge in [0.25, 0.3) is 0 Å². The summed E-state index contributed by atoms with van der Waals surface area (Å²) in [7, 11) is 0. The first-order valence-electron chi connectivity index (χ1n) is 5.57. The van der Waals surface area contributed by atoms with Crippen LogP contribution >= 0.6 is 0 Å². The Balaban J connectivity index is 4.43. The topological polar surface area (TPSA) is 149 Å². The van der Waals surface area contributed by atoms with E-state index in [0.29, 0.717) is 12.2 Å². The minimum absolute atomic E-state index is 0.0401. The SMILES string of the molecule is O=C(O)/C=C(/CCCC/C(=C/C(=O)O)C(=O)O)C(=O)O. The number of carboxylic acid groups (broad SMARTS) is 4. The molecule has 0 spiro atoms. The van der Waals surface area contributed by atoms with E-state index < -0.39 is 23.9 Å². The van der Waals surface area contributed by atoms with Crippen molar-refractivity contribution in [2.24, 2.45) is 0 Å². The zero-order chi connectivity index (χ0) is 15.7. The Morgan fingerprint density at radius 1 is 0.650 bits per heavy atom. The van der Waals surface area contributed by atoms with E-state index in [2.05, 4.69) is 0 Å². The van der Waals surface area contributed by atoms with Gasteiger partial charge in [0.2, 0.25) is 0 Å². The van der Waals surface area contributed by atoms with E-state index in [4.69, 9.17) is 20.4 Å². The maximum absolute atomic E-state index is 10.7. The highest BCUT2D eigenvalue weighted by atomic mass is 16.4. The van der Waals surface area contributed by atoms with Crippen LogP contribution in [0.4, 0.5) is 0 Å². The molecule has 0 saturated carbocycles. The van der Waals surface area contributed by atoms with Gasteiger partial charge in [-0.25, -0.2) is 19.2 Å². The lowest BCUT2D eigenvalue weighted by atomic mass is 10.0. The van der Waals surface area contributed by atoms with E-state index in [1.54, 1.807) is 0 Å². The first kappa shape index (κ1) is 17.4. The van der Waals surface area contributed by atoms with E-state index in [1.807, 2.05) is 0 Å². The summed E-state index contributed by atoms with van der Waals surface area (Å²) in [6.45, 7) is 0. The molecule has 0 bridgehead atoms. The minimum atomic E-state index is -1.38. The molecule has 0 amide bonds. The van der Waals surface area contributed by atoms with Crippen molar-refractivity contribution in [3.8, 4) is 0 Å². The van der Waals surface area contributed by atoms with Gasteiger partial charge in [-0.3, -0.25) is 0 Å². The Labute approximate surface area is 113 Å². The van der Waals surface area contributed by atoms with Crippen LogP contribution in [-0.2, 0) is 19.2 Å². The fraction of sp³-hybridized carbons (Fsp3) is 0.333. The lowest BCUT2D eigenvalue weighted by Crippen LogP contribution is -2.06. The second-order valence-electron chi connectivity index (χ2n) is 3.83. The van der Waals surface area contributed by atoms with Crippen LogP contribution in [0.25, 0.3) is 0 Å². The van der Waals surface area contributed by atoms with Gasteiger partial charge in [0.15, 0.2) is 0 Å². The van der Waals surface area contributed by atoms with Crippen LogP contribution in [0.5, 0.6) is 0 Å². The molecule has 0 saturated heterocycles. The summed E-state index contributed by atoms with van der Waals surface area (Å²) in [6.07, 6.45) is 1.54. The number of hydrogen-bond donors (Lipinski definition) is 4. The smallest absolute Gasteiger partial charge is 0.331 e. The summed E-state index contributed by atoms with van der Waals surface area (Å²) in [4.78, 5) is 42.2. The number of carbonyl (C=O) groups is 4. The third-order valence-corrected chi connectivity index (χ3v) is 2.29. The van der Waals surface area contributed by atoms with Crippen LogP contribution in [-0.4, -0.2) is 44.3 Å². The van der Waals surface area contributed by atoms with Crippen LogP contribution in [0, 0.1) is 0 Å². The lowest BCUT2D eigenvalue weighted by molar-refractivity contribution is -0.135. The monoisotopic (exact) mass is 286 g/mol. The van der Waals surface area contributed by atoms with Gasteiger partial charge in [-0.15, -0.1) is 0 Å². The molecule has 0 atom stereocenters. The Morgan fingerprint density at radius 2 is 0.950 bits per heavy atom. The maximum atomic E-state index is 10.7. The van der Waals surface area contributed by atoms with Crippen LogP contribution in [0.3, 0.4) is 0 Å². The van der Waals surface area contributed by atoms with E-state index in [0.717, 1.165) is 0 Å². The number of aliphatic carboxylic acids is 4. The van der Waals surface area contributed by atoms with Gasteiger partial charge in [-0.2, -0.15) is 0 Å². The number of unbranched alkanes of at least 4 members (excludes halogenated alkanes) is 1. The van der Waals surface area contributed by atoms with Crippen molar-refractivity contribution in [2.45, 2.75) is 25.7 Å². The maximum Gasteiger partial charge on any atom is 0.331 e. The Hall–Kier alpha value is -2.64. The van der Waals surface area contributed by atoms with Crippen molar-refractivity contribution in [2.75, 3.05) is 0 Å². The molecule has 0 aromatic carbocycles. The van der Waals surface area contributed by atoms with Crippen molar-refractivity contribution < 1.29 is 39.6 Å². The number of rotatable bonds is 9. The Morgan fingerprint density at radius 3 is 1.15 bits per heavy atom. The summed E-state index contributed by atoms with van der Waals surface area (Å²) < 4.78 is 0. The van der Waals surface area contributed by atoms with E-state index in [1.165, 1.54) is 0 Å². The van der Waals surface area contributed by atoms with Gasteiger partial charge in [0, 0.05) is 23.3 Å². The van der Waals surface area contributed by atoms with Crippen LogP contribution in [0.2, 0.25) is 0 Å². The molecule has 8 nitrogen and oxygen atoms in total. The summed E-state index contributed by atoms with van der Waals surface area (Å²) in [5.74, 6) is -5.46. The number of carboxylic acids is 4. The Kier molecular flexibility index (Phi) is 7.34. The average molecular weight is 286 g/mol. The molecule has 20 heavy (non-hydrogen) atoms. The second-order valence-corrected chi connectivity index (χ2v) is 3.83. The van der Waals surface area contributed by atoms with E-state index in [-0.39, 0.29) is 36.8 Å². The molecular weight excluding hydrogens is 272 g/mol. The molecule has 8 heteroatoms. The third-order valence-electron chi connectivity index (χ3n) is 2.29. The average Bonchev–Trinajstić information content (AvgIpc) is 2.29. The van der Waals surface area contributed by atoms with Crippen LogP contribution < -0.4 is 0 Å². The summed E-state index contributed by atoms with van der Waals surface area (Å²) in [5, 5.41) is 34.4. The highest BCUT2D eigenvalue weighted by molar-refractivity contribution is 5.95. The van der Waals surface area contributed by atoms with Crippen LogP contribution in [0.15, 0.2) is 23.3 Å². The van der Waals surface area contributed by atoms with Crippen molar-refractivity contribution in [1.29, 1.82) is 0 Å². The predicted octanol–water partition coefficient (Wildman–Crippen LogP) is 0.738. The van der Waals surface area contributed by atoms with Crippen molar-refractivity contribution >= 4 is 23.9 Å². The normalized spacial score (nSPS) is 12.0. The molecule has 0 aliphatic rings. The first-order chi connectivity index (χ1) is 9.23. The largest absolute Gasteiger partial charge is 0.478 e. The second kappa shape index (κ2) is 8.46. The van der Waals surface area contributed by atoms with Crippen LogP contribution in [0.1, 0.15) is 25.7 Å². The van der Waals surface area contributed by atoms with Crippen molar-refractivity contribution in [3.63, 3.8) is 0 Å². The van der Waals surface area contributed by atoms with Gasteiger partial charge in [-0.1, -0.05) is 0 Å². The fourth-order valence-corrected chi connectivity index (χ4v) is 1.41. The van der Waals surface area contributed by atoms with Gasteiger partial charge in [-0.05, 0) is 25.7 Å². The highest BCUT2D eigenvalue weighted by Crippen LogP contribution is 2.13. The summed E-state index contributed by atoms with van der Waals surface area (Å²) in [5.41, 5.74) is -0.590. The molecular formula is C12H14O8. The third kappa shape index (κ3) is 7.64. The lowest BCUT2D eigenvalue weighted by Gasteiger charge is -2.03. The van der Waals surface area contributed by atoms with E-state index >= 15 is 0 Å². The zero-order valence-corrected chi connectivity index (χ0v) is 10.4. The summed E-state index contributed by atoms with van der Waals surface area (Å²) in [6, 6.07) is 0. The summed E-state index contributed by atoms with van der Waals surface area (Å²) >= 11 is 0. The van der Waals surface area contributed by atoms with Gasteiger partial charge in [0.1, 0.15) is 0 Å².